The Balaban J connectivity index is 1.57. The van der Waals surface area contributed by atoms with Crippen LogP contribution < -0.4 is 15.7 Å². The van der Waals surface area contributed by atoms with Crippen molar-refractivity contribution in [2.45, 2.75) is 26.4 Å². The van der Waals surface area contributed by atoms with Gasteiger partial charge in [0.15, 0.2) is 6.10 Å². The van der Waals surface area contributed by atoms with E-state index < -0.39 is 6.10 Å². The molecule has 0 aliphatic carbocycles. The molecule has 1 amide bonds. The monoisotopic (exact) mass is 374 g/mol. The first kappa shape index (κ1) is 19.4. The van der Waals surface area contributed by atoms with E-state index >= 15 is 0 Å². The van der Waals surface area contributed by atoms with E-state index in [1.54, 1.807) is 19.1 Å². The van der Waals surface area contributed by atoms with Gasteiger partial charge in [0.05, 0.1) is 13.2 Å². The van der Waals surface area contributed by atoms with Crippen molar-refractivity contribution in [2.75, 3.05) is 39.4 Å². The number of ether oxygens (including phenoxy) is 2. The second-order valence-electron chi connectivity index (χ2n) is 6.61. The van der Waals surface area contributed by atoms with E-state index in [1.165, 1.54) is 6.07 Å². The first-order valence-electron chi connectivity index (χ1n) is 9.38. The van der Waals surface area contributed by atoms with Crippen molar-refractivity contribution in [1.29, 1.82) is 0 Å². The second kappa shape index (κ2) is 9.01. The fourth-order valence-corrected chi connectivity index (χ4v) is 3.14. The molecule has 0 spiro atoms. The normalized spacial score (nSPS) is 16.2. The molecule has 1 fully saturated rings. The molecule has 7 heteroatoms. The Kier molecular flexibility index (Phi) is 6.47. The Hall–Kier alpha value is -2.38. The van der Waals surface area contributed by atoms with Gasteiger partial charge in [0.2, 0.25) is 0 Å². The number of morpholine rings is 1. The van der Waals surface area contributed by atoms with Gasteiger partial charge in [-0.2, -0.15) is 0 Å². The number of nitrogens with one attached hydrogen (secondary N) is 1. The molecule has 1 aliphatic rings. The van der Waals surface area contributed by atoms with E-state index in [4.69, 9.17) is 13.9 Å². The molecule has 2 aromatic rings. The number of rotatable bonds is 7. The van der Waals surface area contributed by atoms with Crippen LogP contribution in [0, 0.1) is 0 Å². The van der Waals surface area contributed by atoms with Crippen LogP contribution >= 0.6 is 0 Å². The predicted octanol–water partition coefficient (Wildman–Crippen LogP) is 1.57. The molecule has 1 N–H and O–H groups in total. The van der Waals surface area contributed by atoms with Crippen LogP contribution in [0.3, 0.4) is 0 Å². The summed E-state index contributed by atoms with van der Waals surface area (Å²) >= 11 is 0. The molecule has 3 rings (SSSR count). The van der Waals surface area contributed by atoms with Crippen molar-refractivity contribution in [3.63, 3.8) is 0 Å². The standard InChI is InChI=1S/C20H26N2O5/c1-3-15-12-19(23)27-18-13-16(4-5-17(15)18)26-14(2)20(24)21-6-7-22-8-10-25-11-9-22/h4-5,12-14H,3,6-11H2,1-2H3,(H,21,24). The molecule has 1 aliphatic heterocycles. The highest BCUT2D eigenvalue weighted by atomic mass is 16.5. The minimum absolute atomic E-state index is 0.174. The predicted molar refractivity (Wildman–Crippen MR) is 102 cm³/mol. The lowest BCUT2D eigenvalue weighted by molar-refractivity contribution is -0.127. The molecule has 1 saturated heterocycles. The van der Waals surface area contributed by atoms with Gasteiger partial charge < -0.3 is 19.2 Å². The summed E-state index contributed by atoms with van der Waals surface area (Å²) in [5.74, 6) is 0.321. The lowest BCUT2D eigenvalue weighted by Gasteiger charge is -2.26. The summed E-state index contributed by atoms with van der Waals surface area (Å²) in [7, 11) is 0. The van der Waals surface area contributed by atoms with Crippen molar-refractivity contribution in [2.24, 2.45) is 0 Å². The number of carbonyl (C=O) groups is 1. The molecule has 27 heavy (non-hydrogen) atoms. The highest BCUT2D eigenvalue weighted by Crippen LogP contribution is 2.23. The molecule has 0 radical (unpaired) electrons. The summed E-state index contributed by atoms with van der Waals surface area (Å²) in [5.41, 5.74) is 1.02. The van der Waals surface area contributed by atoms with Gasteiger partial charge in [0, 0.05) is 43.7 Å². The summed E-state index contributed by atoms with van der Waals surface area (Å²) in [6, 6.07) is 6.81. The Bertz CT molecular complexity index is 842. The highest BCUT2D eigenvalue weighted by molar-refractivity contribution is 5.82. The molecular formula is C20H26N2O5. The van der Waals surface area contributed by atoms with Gasteiger partial charge in [-0.1, -0.05) is 6.92 Å². The Morgan fingerprint density at radius 1 is 1.30 bits per heavy atom. The fraction of sp³-hybridized carbons (Fsp3) is 0.500. The SMILES string of the molecule is CCc1cc(=O)oc2cc(OC(C)C(=O)NCCN3CCOCC3)ccc12. The third kappa shape index (κ3) is 5.08. The summed E-state index contributed by atoms with van der Waals surface area (Å²) in [6.07, 6.45) is 0.0952. The van der Waals surface area contributed by atoms with Crippen LogP contribution in [0.2, 0.25) is 0 Å². The lowest BCUT2D eigenvalue weighted by atomic mass is 10.1. The summed E-state index contributed by atoms with van der Waals surface area (Å²) < 4.78 is 16.3. The minimum atomic E-state index is -0.645. The van der Waals surface area contributed by atoms with Crippen LogP contribution in [-0.2, 0) is 16.0 Å². The van der Waals surface area contributed by atoms with Gasteiger partial charge in [-0.05, 0) is 31.0 Å². The second-order valence-corrected chi connectivity index (χ2v) is 6.61. The van der Waals surface area contributed by atoms with E-state index in [0.717, 1.165) is 50.2 Å². The van der Waals surface area contributed by atoms with E-state index in [9.17, 15) is 9.59 Å². The quantitative estimate of drug-likeness (QED) is 0.741. The first-order valence-corrected chi connectivity index (χ1v) is 9.38. The zero-order valence-electron chi connectivity index (χ0n) is 15.8. The Labute approximate surface area is 158 Å². The Morgan fingerprint density at radius 3 is 2.81 bits per heavy atom. The fourth-order valence-electron chi connectivity index (χ4n) is 3.14. The average molecular weight is 374 g/mol. The summed E-state index contributed by atoms with van der Waals surface area (Å²) in [6.45, 7) is 8.32. The van der Waals surface area contributed by atoms with E-state index in [2.05, 4.69) is 10.2 Å². The zero-order chi connectivity index (χ0) is 19.2. The van der Waals surface area contributed by atoms with Crippen LogP contribution in [0.1, 0.15) is 19.4 Å². The average Bonchev–Trinajstić information content (AvgIpc) is 2.67. The summed E-state index contributed by atoms with van der Waals surface area (Å²) in [4.78, 5) is 26.2. The van der Waals surface area contributed by atoms with Crippen LogP contribution in [0.25, 0.3) is 11.0 Å². The third-order valence-electron chi connectivity index (χ3n) is 4.70. The maximum atomic E-state index is 12.3. The molecule has 1 aromatic heterocycles. The number of benzene rings is 1. The maximum absolute atomic E-state index is 12.3. The number of aryl methyl sites for hydroxylation is 1. The number of hydrogen-bond donors (Lipinski definition) is 1. The van der Waals surface area contributed by atoms with Crippen molar-refractivity contribution in [1.82, 2.24) is 10.2 Å². The molecule has 1 atom stereocenters. The minimum Gasteiger partial charge on any atom is -0.481 e. The van der Waals surface area contributed by atoms with Crippen LogP contribution in [0.4, 0.5) is 0 Å². The van der Waals surface area contributed by atoms with Gasteiger partial charge in [0.1, 0.15) is 11.3 Å². The van der Waals surface area contributed by atoms with Gasteiger partial charge in [-0.15, -0.1) is 0 Å². The van der Waals surface area contributed by atoms with Gasteiger partial charge >= 0.3 is 5.63 Å². The molecule has 146 valence electrons. The Morgan fingerprint density at radius 2 is 2.07 bits per heavy atom. The smallest absolute Gasteiger partial charge is 0.336 e. The van der Waals surface area contributed by atoms with Crippen LogP contribution in [0.15, 0.2) is 33.5 Å². The molecule has 2 heterocycles. The van der Waals surface area contributed by atoms with Gasteiger partial charge in [-0.25, -0.2) is 4.79 Å². The number of carbonyl (C=O) groups excluding carboxylic acids is 1. The number of amides is 1. The number of nitrogens with zero attached hydrogens (tertiary/aromatic N) is 1. The molecule has 7 nitrogen and oxygen atoms in total. The molecule has 0 saturated carbocycles. The third-order valence-corrected chi connectivity index (χ3v) is 4.70. The summed E-state index contributed by atoms with van der Waals surface area (Å²) in [5, 5.41) is 3.78. The van der Waals surface area contributed by atoms with E-state index in [-0.39, 0.29) is 11.5 Å². The van der Waals surface area contributed by atoms with E-state index in [0.29, 0.717) is 17.9 Å². The topological polar surface area (TPSA) is 81.0 Å². The van der Waals surface area contributed by atoms with Crippen molar-refractivity contribution in [3.8, 4) is 5.75 Å². The van der Waals surface area contributed by atoms with E-state index in [1.807, 2.05) is 13.0 Å². The van der Waals surface area contributed by atoms with Crippen LogP contribution in [0.5, 0.6) is 5.75 Å². The highest BCUT2D eigenvalue weighted by Gasteiger charge is 2.16. The lowest BCUT2D eigenvalue weighted by Crippen LogP contribution is -2.43. The number of hydrogen-bond acceptors (Lipinski definition) is 6. The molecule has 1 unspecified atom stereocenters. The van der Waals surface area contributed by atoms with Crippen molar-refractivity contribution < 1.29 is 18.7 Å². The van der Waals surface area contributed by atoms with Gasteiger partial charge in [0.25, 0.3) is 5.91 Å². The largest absolute Gasteiger partial charge is 0.481 e. The van der Waals surface area contributed by atoms with Crippen molar-refractivity contribution in [3.05, 3.63) is 40.2 Å². The van der Waals surface area contributed by atoms with Crippen LogP contribution in [-0.4, -0.2) is 56.3 Å². The molecule has 0 bridgehead atoms. The van der Waals surface area contributed by atoms with Gasteiger partial charge in [-0.3, -0.25) is 9.69 Å². The molecular weight excluding hydrogens is 348 g/mol. The zero-order valence-corrected chi connectivity index (χ0v) is 15.8. The molecule has 1 aromatic carbocycles. The van der Waals surface area contributed by atoms with Crippen molar-refractivity contribution >= 4 is 16.9 Å². The maximum Gasteiger partial charge on any atom is 0.336 e. The number of fused-ring (bicyclic) bond motifs is 1. The first-order chi connectivity index (χ1) is 13.1.